The van der Waals surface area contributed by atoms with E-state index in [1.807, 2.05) is 13.0 Å². The second-order valence-electron chi connectivity index (χ2n) is 3.10. The first-order valence-electron chi connectivity index (χ1n) is 4.58. The van der Waals surface area contributed by atoms with Crippen molar-refractivity contribution < 1.29 is 0 Å². The van der Waals surface area contributed by atoms with Gasteiger partial charge in [-0.15, -0.1) is 0 Å². The highest BCUT2D eigenvalue weighted by Gasteiger charge is 2.03. The van der Waals surface area contributed by atoms with Crippen molar-refractivity contribution in [1.82, 2.24) is 19.9 Å². The van der Waals surface area contributed by atoms with Crippen LogP contribution in [0.5, 0.6) is 0 Å². The van der Waals surface area contributed by atoms with Crippen LogP contribution in [0.25, 0.3) is 11.3 Å². The molecular weight excluding hydrogens is 190 g/mol. The van der Waals surface area contributed by atoms with Crippen LogP contribution in [0.4, 0.5) is 5.95 Å². The number of nitrogens with zero attached hydrogens (tertiary/aromatic N) is 4. The quantitative estimate of drug-likeness (QED) is 0.793. The molecule has 2 aromatic heterocycles. The molecule has 0 aliphatic rings. The Kier molecular flexibility index (Phi) is 2.53. The van der Waals surface area contributed by atoms with Crippen molar-refractivity contribution in [2.45, 2.75) is 6.92 Å². The molecule has 2 heterocycles. The van der Waals surface area contributed by atoms with E-state index in [1.165, 1.54) is 6.33 Å². The fourth-order valence-electron chi connectivity index (χ4n) is 1.26. The molecule has 0 aliphatic carbocycles. The van der Waals surface area contributed by atoms with E-state index >= 15 is 0 Å². The molecule has 0 spiro atoms. The zero-order valence-corrected chi connectivity index (χ0v) is 8.60. The highest BCUT2D eigenvalue weighted by Crippen LogP contribution is 2.16. The maximum absolute atomic E-state index is 4.32. The Balaban J connectivity index is 2.49. The summed E-state index contributed by atoms with van der Waals surface area (Å²) >= 11 is 0. The van der Waals surface area contributed by atoms with Crippen molar-refractivity contribution >= 4 is 5.95 Å². The molecule has 0 saturated carbocycles. The van der Waals surface area contributed by atoms with Crippen LogP contribution in [-0.2, 0) is 0 Å². The van der Waals surface area contributed by atoms with Gasteiger partial charge in [-0.25, -0.2) is 19.9 Å². The highest BCUT2D eigenvalue weighted by molar-refractivity contribution is 5.58. The fourth-order valence-corrected chi connectivity index (χ4v) is 1.26. The lowest BCUT2D eigenvalue weighted by Crippen LogP contribution is -1.99. The minimum absolute atomic E-state index is 0.605. The molecule has 5 heteroatoms. The maximum Gasteiger partial charge on any atom is 0.223 e. The number of anilines is 1. The number of hydrogen-bond acceptors (Lipinski definition) is 5. The van der Waals surface area contributed by atoms with Gasteiger partial charge < -0.3 is 5.32 Å². The number of hydrogen-bond donors (Lipinski definition) is 1. The third-order valence-corrected chi connectivity index (χ3v) is 1.93. The smallest absolute Gasteiger partial charge is 0.223 e. The summed E-state index contributed by atoms with van der Waals surface area (Å²) in [6.45, 7) is 1.93. The second-order valence-corrected chi connectivity index (χ2v) is 3.10. The van der Waals surface area contributed by atoms with E-state index in [4.69, 9.17) is 0 Å². The van der Waals surface area contributed by atoms with Gasteiger partial charge in [0.1, 0.15) is 6.33 Å². The van der Waals surface area contributed by atoms with Crippen LogP contribution in [0.15, 0.2) is 24.8 Å². The third-order valence-electron chi connectivity index (χ3n) is 1.93. The van der Waals surface area contributed by atoms with Gasteiger partial charge in [0.15, 0.2) is 0 Å². The van der Waals surface area contributed by atoms with Gasteiger partial charge in [0.25, 0.3) is 0 Å². The van der Waals surface area contributed by atoms with E-state index in [0.717, 1.165) is 17.0 Å². The molecule has 2 aromatic rings. The monoisotopic (exact) mass is 201 g/mol. The average Bonchev–Trinajstić information content (AvgIpc) is 2.29. The van der Waals surface area contributed by atoms with E-state index in [1.54, 1.807) is 19.4 Å². The molecule has 0 aromatic carbocycles. The van der Waals surface area contributed by atoms with Crippen molar-refractivity contribution in [3.05, 3.63) is 30.5 Å². The Morgan fingerprint density at radius 2 is 1.87 bits per heavy atom. The number of rotatable bonds is 2. The van der Waals surface area contributed by atoms with Gasteiger partial charge in [-0.2, -0.15) is 0 Å². The minimum atomic E-state index is 0.605. The van der Waals surface area contributed by atoms with Crippen molar-refractivity contribution in [2.24, 2.45) is 0 Å². The summed E-state index contributed by atoms with van der Waals surface area (Å²) in [6.07, 6.45) is 4.96. The van der Waals surface area contributed by atoms with Crippen LogP contribution < -0.4 is 5.32 Å². The molecule has 76 valence electrons. The van der Waals surface area contributed by atoms with Gasteiger partial charge in [-0.1, -0.05) is 0 Å². The van der Waals surface area contributed by atoms with Crippen molar-refractivity contribution in [3.8, 4) is 11.3 Å². The summed E-state index contributed by atoms with van der Waals surface area (Å²) < 4.78 is 0. The molecule has 0 amide bonds. The fraction of sp³-hybridized carbons (Fsp3) is 0.200. The predicted molar refractivity (Wildman–Crippen MR) is 57.3 cm³/mol. The molecule has 2 rings (SSSR count). The van der Waals surface area contributed by atoms with Gasteiger partial charge in [-0.3, -0.25) is 0 Å². The SMILES string of the molecule is CNc1nc(C)cc(-c2cncnc2)n1. The van der Waals surface area contributed by atoms with E-state index in [9.17, 15) is 0 Å². The zero-order chi connectivity index (χ0) is 10.7. The van der Waals surface area contributed by atoms with Crippen LogP contribution in [0.3, 0.4) is 0 Å². The van der Waals surface area contributed by atoms with Gasteiger partial charge in [0.05, 0.1) is 5.69 Å². The highest BCUT2D eigenvalue weighted by atomic mass is 15.1. The molecule has 1 N–H and O–H groups in total. The summed E-state index contributed by atoms with van der Waals surface area (Å²) in [7, 11) is 1.79. The lowest BCUT2D eigenvalue weighted by molar-refractivity contribution is 1.09. The Morgan fingerprint density at radius 3 is 2.53 bits per heavy atom. The topological polar surface area (TPSA) is 63.6 Å². The molecule has 0 aliphatic heterocycles. The number of nitrogens with one attached hydrogen (secondary N) is 1. The first-order chi connectivity index (χ1) is 7.29. The summed E-state index contributed by atoms with van der Waals surface area (Å²) in [5, 5.41) is 2.91. The Morgan fingerprint density at radius 1 is 1.13 bits per heavy atom. The lowest BCUT2D eigenvalue weighted by Gasteiger charge is -2.04. The first-order valence-corrected chi connectivity index (χ1v) is 4.58. The zero-order valence-electron chi connectivity index (χ0n) is 8.60. The lowest BCUT2D eigenvalue weighted by atomic mass is 10.2. The van der Waals surface area contributed by atoms with Crippen LogP contribution in [-0.4, -0.2) is 27.0 Å². The van der Waals surface area contributed by atoms with Crippen LogP contribution >= 0.6 is 0 Å². The summed E-state index contributed by atoms with van der Waals surface area (Å²) in [4.78, 5) is 16.4. The first kappa shape index (κ1) is 9.51. The molecule has 0 bridgehead atoms. The average molecular weight is 201 g/mol. The minimum Gasteiger partial charge on any atom is -0.357 e. The van der Waals surface area contributed by atoms with Crippen molar-refractivity contribution in [2.75, 3.05) is 12.4 Å². The summed E-state index contributed by atoms with van der Waals surface area (Å²) in [6, 6.07) is 1.90. The second kappa shape index (κ2) is 4.00. The number of aryl methyl sites for hydroxylation is 1. The Labute approximate surface area is 87.6 Å². The Hall–Kier alpha value is -2.04. The summed E-state index contributed by atoms with van der Waals surface area (Å²) in [5.74, 6) is 0.605. The van der Waals surface area contributed by atoms with Crippen molar-refractivity contribution in [1.29, 1.82) is 0 Å². The van der Waals surface area contributed by atoms with E-state index in [-0.39, 0.29) is 0 Å². The van der Waals surface area contributed by atoms with Crippen LogP contribution in [0.2, 0.25) is 0 Å². The molecular formula is C10H11N5. The van der Waals surface area contributed by atoms with E-state index in [0.29, 0.717) is 5.95 Å². The third kappa shape index (κ3) is 2.07. The van der Waals surface area contributed by atoms with E-state index in [2.05, 4.69) is 25.3 Å². The van der Waals surface area contributed by atoms with Gasteiger partial charge in [-0.05, 0) is 13.0 Å². The maximum atomic E-state index is 4.32. The predicted octanol–water partition coefficient (Wildman–Crippen LogP) is 1.28. The van der Waals surface area contributed by atoms with Gasteiger partial charge in [0.2, 0.25) is 5.95 Å². The van der Waals surface area contributed by atoms with Crippen LogP contribution in [0, 0.1) is 6.92 Å². The molecule has 0 saturated heterocycles. The van der Waals surface area contributed by atoms with Gasteiger partial charge in [0, 0.05) is 30.7 Å². The van der Waals surface area contributed by atoms with Gasteiger partial charge >= 0.3 is 0 Å². The van der Waals surface area contributed by atoms with Crippen LogP contribution in [0.1, 0.15) is 5.69 Å². The normalized spacial score (nSPS) is 10.0. The molecule has 5 nitrogen and oxygen atoms in total. The molecule has 0 atom stereocenters. The number of aromatic nitrogens is 4. The van der Waals surface area contributed by atoms with Crippen molar-refractivity contribution in [3.63, 3.8) is 0 Å². The summed E-state index contributed by atoms with van der Waals surface area (Å²) in [5.41, 5.74) is 2.63. The standard InChI is InChI=1S/C10H11N5/c1-7-3-9(15-10(11-2)14-7)8-4-12-6-13-5-8/h3-6H,1-2H3,(H,11,14,15). The Bertz CT molecular complexity index is 455. The molecule has 15 heavy (non-hydrogen) atoms. The van der Waals surface area contributed by atoms with E-state index < -0.39 is 0 Å². The largest absolute Gasteiger partial charge is 0.357 e. The molecule has 0 unspecified atom stereocenters. The molecule has 0 fully saturated rings. The molecule has 0 radical (unpaired) electrons.